The predicted molar refractivity (Wildman–Crippen MR) is 95.4 cm³/mol. The van der Waals surface area contributed by atoms with Crippen LogP contribution < -0.4 is 10.5 Å². The number of fused-ring (bicyclic) bond motifs is 1. The Kier molecular flexibility index (Phi) is 4.65. The summed E-state index contributed by atoms with van der Waals surface area (Å²) in [5.74, 6) is 0.740. The summed E-state index contributed by atoms with van der Waals surface area (Å²) in [5.41, 5.74) is 7.40. The summed E-state index contributed by atoms with van der Waals surface area (Å²) in [6.07, 6.45) is 2.22. The van der Waals surface area contributed by atoms with Gasteiger partial charge in [-0.3, -0.25) is 0 Å². The van der Waals surface area contributed by atoms with Crippen molar-refractivity contribution < 1.29 is 14.3 Å². The van der Waals surface area contributed by atoms with Crippen LogP contribution in [0.25, 0.3) is 11.0 Å². The topological polar surface area (TPSA) is 90.6 Å². The third-order valence-corrected chi connectivity index (χ3v) is 3.95. The van der Waals surface area contributed by atoms with Crippen molar-refractivity contribution in [3.8, 4) is 5.88 Å². The average Bonchev–Trinajstić information content (AvgIpc) is 3.00. The minimum Gasteiger partial charge on any atom is -0.476 e. The number of anilines is 1. The highest BCUT2D eigenvalue weighted by Crippen LogP contribution is 2.21. The quantitative estimate of drug-likeness (QED) is 0.861. The molecule has 134 valence electrons. The van der Waals surface area contributed by atoms with Gasteiger partial charge in [-0.25, -0.2) is 14.8 Å². The van der Waals surface area contributed by atoms with E-state index in [4.69, 9.17) is 15.2 Å². The van der Waals surface area contributed by atoms with E-state index in [2.05, 4.69) is 9.97 Å². The van der Waals surface area contributed by atoms with Crippen LogP contribution in [0.15, 0.2) is 24.4 Å². The zero-order chi connectivity index (χ0) is 18.0. The van der Waals surface area contributed by atoms with E-state index in [0.717, 1.165) is 17.5 Å². The number of rotatable bonds is 3. The maximum atomic E-state index is 12.1. The smallest absolute Gasteiger partial charge is 0.410 e. The Hall–Kier alpha value is -2.57. The number of hydrogen-bond acceptors (Lipinski definition) is 6. The minimum atomic E-state index is -0.476. The zero-order valence-corrected chi connectivity index (χ0v) is 14.9. The fraction of sp³-hybridized carbons (Fsp3) is 0.500. The lowest BCUT2D eigenvalue weighted by Crippen LogP contribution is -2.35. The number of benzene rings is 1. The van der Waals surface area contributed by atoms with Crippen molar-refractivity contribution in [2.75, 3.05) is 25.4 Å². The highest BCUT2D eigenvalue weighted by molar-refractivity contribution is 5.78. The molecule has 2 heterocycles. The van der Waals surface area contributed by atoms with Gasteiger partial charge < -0.3 is 20.1 Å². The highest BCUT2D eigenvalue weighted by Gasteiger charge is 2.30. The van der Waals surface area contributed by atoms with Crippen LogP contribution in [0.4, 0.5) is 10.5 Å². The Bertz CT molecular complexity index is 772. The van der Waals surface area contributed by atoms with Gasteiger partial charge in [-0.15, -0.1) is 0 Å². The molecule has 1 amide bonds. The molecule has 3 rings (SSSR count). The van der Waals surface area contributed by atoms with Crippen molar-refractivity contribution in [1.29, 1.82) is 0 Å². The zero-order valence-electron chi connectivity index (χ0n) is 14.9. The normalized spacial score (nSPS) is 17.7. The molecular formula is C18H24N4O3. The van der Waals surface area contributed by atoms with E-state index in [1.807, 2.05) is 26.8 Å². The van der Waals surface area contributed by atoms with E-state index in [1.54, 1.807) is 23.2 Å². The lowest BCUT2D eigenvalue weighted by Gasteiger charge is -2.24. The van der Waals surface area contributed by atoms with Crippen molar-refractivity contribution in [1.82, 2.24) is 14.9 Å². The second-order valence-corrected chi connectivity index (χ2v) is 7.35. The molecule has 0 spiro atoms. The monoisotopic (exact) mass is 344 g/mol. The molecule has 1 unspecified atom stereocenters. The molecule has 1 saturated heterocycles. The third kappa shape index (κ3) is 4.49. The van der Waals surface area contributed by atoms with E-state index in [9.17, 15) is 4.79 Å². The number of nitrogens with two attached hydrogens (primary N) is 1. The molecule has 1 fully saturated rings. The lowest BCUT2D eigenvalue weighted by atomic mass is 10.1. The van der Waals surface area contributed by atoms with Gasteiger partial charge in [0.05, 0.1) is 23.8 Å². The molecule has 0 radical (unpaired) electrons. The van der Waals surface area contributed by atoms with Crippen molar-refractivity contribution in [2.24, 2.45) is 5.92 Å². The average molecular weight is 344 g/mol. The predicted octanol–water partition coefficient (Wildman–Crippen LogP) is 2.85. The second-order valence-electron chi connectivity index (χ2n) is 7.35. The van der Waals surface area contributed by atoms with Gasteiger partial charge in [-0.05, 0) is 45.4 Å². The summed E-state index contributed by atoms with van der Waals surface area (Å²) in [6.45, 7) is 7.42. The number of nitrogens with zero attached hydrogens (tertiary/aromatic N) is 3. The summed E-state index contributed by atoms with van der Waals surface area (Å²) >= 11 is 0. The summed E-state index contributed by atoms with van der Waals surface area (Å²) < 4.78 is 11.2. The minimum absolute atomic E-state index is 0.261. The molecular weight excluding hydrogens is 320 g/mol. The molecule has 0 bridgehead atoms. The van der Waals surface area contributed by atoms with Crippen molar-refractivity contribution in [2.45, 2.75) is 32.8 Å². The fourth-order valence-corrected chi connectivity index (χ4v) is 2.74. The van der Waals surface area contributed by atoms with Crippen LogP contribution in [-0.4, -0.2) is 46.3 Å². The highest BCUT2D eigenvalue weighted by atomic mass is 16.6. The molecule has 1 aromatic carbocycles. The van der Waals surface area contributed by atoms with Crippen LogP contribution >= 0.6 is 0 Å². The van der Waals surface area contributed by atoms with Gasteiger partial charge in [0, 0.05) is 24.7 Å². The SMILES string of the molecule is CC(C)(C)OC(=O)N1CCC(COc2cnc3cc(N)ccc3n2)C1. The molecule has 1 aromatic heterocycles. The first-order valence-electron chi connectivity index (χ1n) is 8.43. The van der Waals surface area contributed by atoms with Crippen molar-refractivity contribution in [3.05, 3.63) is 24.4 Å². The molecule has 7 nitrogen and oxygen atoms in total. The third-order valence-electron chi connectivity index (χ3n) is 3.95. The van der Waals surface area contributed by atoms with Gasteiger partial charge >= 0.3 is 6.09 Å². The van der Waals surface area contributed by atoms with Gasteiger partial charge in [0.25, 0.3) is 0 Å². The maximum Gasteiger partial charge on any atom is 0.410 e. The number of carbonyl (C=O) groups excluding carboxylic acids is 1. The lowest BCUT2D eigenvalue weighted by molar-refractivity contribution is 0.0284. The number of aromatic nitrogens is 2. The molecule has 1 aliphatic heterocycles. The Morgan fingerprint density at radius 2 is 2.16 bits per heavy atom. The second kappa shape index (κ2) is 6.74. The first-order chi connectivity index (χ1) is 11.8. The summed E-state index contributed by atoms with van der Waals surface area (Å²) in [5, 5.41) is 0. The molecule has 25 heavy (non-hydrogen) atoms. The van der Waals surface area contributed by atoms with Crippen LogP contribution in [0, 0.1) is 5.92 Å². The summed E-state index contributed by atoms with van der Waals surface area (Å²) in [4.78, 5) is 22.6. The number of ether oxygens (including phenoxy) is 2. The standard InChI is InChI=1S/C18H24N4O3/c1-18(2,3)25-17(23)22-7-6-12(10-22)11-24-16-9-20-15-8-13(19)4-5-14(15)21-16/h4-5,8-9,12H,6-7,10-11,19H2,1-3H3. The van der Waals surface area contributed by atoms with Crippen LogP contribution in [0.3, 0.4) is 0 Å². The molecule has 0 saturated carbocycles. The molecule has 1 aliphatic rings. The largest absolute Gasteiger partial charge is 0.476 e. The van der Waals surface area contributed by atoms with E-state index >= 15 is 0 Å². The Morgan fingerprint density at radius 1 is 1.36 bits per heavy atom. The van der Waals surface area contributed by atoms with E-state index in [1.165, 1.54) is 0 Å². The first kappa shape index (κ1) is 17.3. The first-order valence-corrected chi connectivity index (χ1v) is 8.43. The van der Waals surface area contributed by atoms with Crippen molar-refractivity contribution in [3.63, 3.8) is 0 Å². The Morgan fingerprint density at radius 3 is 2.92 bits per heavy atom. The van der Waals surface area contributed by atoms with E-state index in [0.29, 0.717) is 31.3 Å². The van der Waals surface area contributed by atoms with Crippen LogP contribution in [-0.2, 0) is 4.74 Å². The molecule has 1 atom stereocenters. The van der Waals surface area contributed by atoms with E-state index < -0.39 is 5.60 Å². The molecule has 2 aromatic rings. The fourth-order valence-electron chi connectivity index (χ4n) is 2.74. The van der Waals surface area contributed by atoms with Gasteiger partial charge in [0.2, 0.25) is 5.88 Å². The van der Waals surface area contributed by atoms with Gasteiger partial charge in [0.15, 0.2) is 0 Å². The van der Waals surface area contributed by atoms with Gasteiger partial charge in [-0.2, -0.15) is 0 Å². The summed E-state index contributed by atoms with van der Waals surface area (Å²) in [6, 6.07) is 5.39. The van der Waals surface area contributed by atoms with Crippen LogP contribution in [0.1, 0.15) is 27.2 Å². The van der Waals surface area contributed by atoms with Crippen LogP contribution in [0.2, 0.25) is 0 Å². The number of carbonyl (C=O) groups is 1. The van der Waals surface area contributed by atoms with Crippen LogP contribution in [0.5, 0.6) is 5.88 Å². The number of likely N-dealkylation sites (tertiary alicyclic amines) is 1. The number of nitrogen functional groups attached to an aromatic ring is 1. The van der Waals surface area contributed by atoms with Gasteiger partial charge in [0.1, 0.15) is 5.60 Å². The maximum absolute atomic E-state index is 12.1. The molecule has 2 N–H and O–H groups in total. The van der Waals surface area contributed by atoms with Gasteiger partial charge in [-0.1, -0.05) is 0 Å². The number of amides is 1. The van der Waals surface area contributed by atoms with E-state index in [-0.39, 0.29) is 12.0 Å². The molecule has 7 heteroatoms. The number of hydrogen-bond donors (Lipinski definition) is 1. The van der Waals surface area contributed by atoms with Crippen molar-refractivity contribution >= 4 is 22.8 Å². The molecule has 0 aliphatic carbocycles. The summed E-state index contributed by atoms with van der Waals surface area (Å²) in [7, 11) is 0. The Labute approximate surface area is 147 Å². The Balaban J connectivity index is 1.54.